The van der Waals surface area contributed by atoms with E-state index in [0.717, 1.165) is 52.5 Å². The standard InChI is InChI=1S/C28H28O4/c1-28(2)16-15-23-25(32-28)14-10-20-9-13-24(31-27(20)23)22-12-11-21(29-3)17-26(22)30-18-19-7-5-4-6-8-19/h4-8,10-12,14-17,24H,9,13,18H2,1-3H3. The molecule has 0 amide bonds. The molecule has 0 aliphatic carbocycles. The first kappa shape index (κ1) is 20.5. The van der Waals surface area contributed by atoms with Crippen LogP contribution in [0.3, 0.4) is 0 Å². The lowest BCUT2D eigenvalue weighted by atomic mass is 9.93. The molecule has 3 aromatic rings. The van der Waals surface area contributed by atoms with Gasteiger partial charge in [-0.2, -0.15) is 0 Å². The van der Waals surface area contributed by atoms with Gasteiger partial charge in [0.25, 0.3) is 0 Å². The second-order valence-corrected chi connectivity index (χ2v) is 8.83. The van der Waals surface area contributed by atoms with Crippen LogP contribution in [0.25, 0.3) is 6.08 Å². The van der Waals surface area contributed by atoms with Crippen LogP contribution in [0.4, 0.5) is 0 Å². The third kappa shape index (κ3) is 4.05. The smallest absolute Gasteiger partial charge is 0.134 e. The van der Waals surface area contributed by atoms with Crippen molar-refractivity contribution in [2.24, 2.45) is 0 Å². The number of ether oxygens (including phenoxy) is 4. The predicted molar refractivity (Wildman–Crippen MR) is 126 cm³/mol. The SMILES string of the molecule is COc1ccc(C2CCc3ccc4c(c3O2)C=CC(C)(C)O4)c(OCc2ccccc2)c1. The Morgan fingerprint density at radius 1 is 1.03 bits per heavy atom. The normalized spacial score (nSPS) is 18.0. The molecule has 0 N–H and O–H groups in total. The number of hydrogen-bond donors (Lipinski definition) is 0. The maximum atomic E-state index is 6.60. The zero-order chi connectivity index (χ0) is 22.1. The fraction of sp³-hybridized carbons (Fsp3) is 0.286. The Hall–Kier alpha value is -3.40. The van der Waals surface area contributed by atoms with Crippen molar-refractivity contribution in [3.05, 3.63) is 89.0 Å². The number of benzene rings is 3. The van der Waals surface area contributed by atoms with Crippen LogP contribution in [0.15, 0.2) is 66.7 Å². The third-order valence-corrected chi connectivity index (χ3v) is 6.00. The Labute approximate surface area is 189 Å². The molecule has 1 unspecified atom stereocenters. The van der Waals surface area contributed by atoms with Gasteiger partial charge in [0.1, 0.15) is 41.3 Å². The minimum atomic E-state index is -0.316. The Morgan fingerprint density at radius 2 is 1.88 bits per heavy atom. The molecule has 0 saturated carbocycles. The molecule has 32 heavy (non-hydrogen) atoms. The van der Waals surface area contributed by atoms with Gasteiger partial charge in [0.05, 0.1) is 12.7 Å². The van der Waals surface area contributed by atoms with E-state index in [4.69, 9.17) is 18.9 Å². The summed E-state index contributed by atoms with van der Waals surface area (Å²) in [6.07, 6.45) is 5.93. The van der Waals surface area contributed by atoms with E-state index < -0.39 is 0 Å². The minimum Gasteiger partial charge on any atom is -0.497 e. The molecular formula is C28H28O4. The third-order valence-electron chi connectivity index (χ3n) is 6.00. The summed E-state index contributed by atoms with van der Waals surface area (Å²) in [6.45, 7) is 4.61. The molecule has 1 atom stereocenters. The maximum Gasteiger partial charge on any atom is 0.134 e. The molecule has 4 nitrogen and oxygen atoms in total. The molecule has 0 aromatic heterocycles. The average Bonchev–Trinajstić information content (AvgIpc) is 2.82. The van der Waals surface area contributed by atoms with Crippen LogP contribution in [-0.4, -0.2) is 12.7 Å². The van der Waals surface area contributed by atoms with Gasteiger partial charge in [0.2, 0.25) is 0 Å². The lowest BCUT2D eigenvalue weighted by Gasteiger charge is -2.33. The van der Waals surface area contributed by atoms with Gasteiger partial charge in [-0.05, 0) is 68.2 Å². The highest BCUT2D eigenvalue weighted by molar-refractivity contribution is 5.69. The summed E-state index contributed by atoms with van der Waals surface area (Å²) in [5.74, 6) is 3.34. The Kier molecular flexibility index (Phi) is 5.30. The quantitative estimate of drug-likeness (QED) is 0.463. The first-order valence-corrected chi connectivity index (χ1v) is 11.1. The molecule has 0 radical (unpaired) electrons. The highest BCUT2D eigenvalue weighted by Gasteiger charge is 2.30. The average molecular weight is 429 g/mol. The van der Waals surface area contributed by atoms with Gasteiger partial charge >= 0.3 is 0 Å². The Balaban J connectivity index is 1.45. The molecule has 2 aliphatic rings. The monoisotopic (exact) mass is 428 g/mol. The van der Waals surface area contributed by atoms with Crippen LogP contribution in [0, 0.1) is 0 Å². The van der Waals surface area contributed by atoms with Crippen molar-refractivity contribution >= 4 is 6.08 Å². The van der Waals surface area contributed by atoms with Crippen LogP contribution < -0.4 is 18.9 Å². The lowest BCUT2D eigenvalue weighted by Crippen LogP contribution is -2.28. The molecule has 3 aromatic carbocycles. The van der Waals surface area contributed by atoms with E-state index in [1.165, 1.54) is 5.56 Å². The predicted octanol–water partition coefficient (Wildman–Crippen LogP) is 6.52. The summed E-state index contributed by atoms with van der Waals surface area (Å²) in [5, 5.41) is 0. The molecule has 4 heteroatoms. The summed E-state index contributed by atoms with van der Waals surface area (Å²) in [5.41, 5.74) is 4.07. The largest absolute Gasteiger partial charge is 0.497 e. The van der Waals surface area contributed by atoms with Gasteiger partial charge in [0.15, 0.2) is 0 Å². The first-order valence-electron chi connectivity index (χ1n) is 11.1. The number of rotatable bonds is 5. The van der Waals surface area contributed by atoms with Crippen LogP contribution in [0.1, 0.15) is 48.6 Å². The Morgan fingerprint density at radius 3 is 2.69 bits per heavy atom. The van der Waals surface area contributed by atoms with E-state index in [2.05, 4.69) is 56.3 Å². The number of hydrogen-bond acceptors (Lipinski definition) is 4. The molecule has 5 rings (SSSR count). The summed E-state index contributed by atoms with van der Waals surface area (Å²) in [6, 6.07) is 20.3. The molecule has 0 bridgehead atoms. The van der Waals surface area contributed by atoms with Crippen LogP contribution in [0.5, 0.6) is 23.0 Å². The van der Waals surface area contributed by atoms with Crippen molar-refractivity contribution in [1.29, 1.82) is 0 Å². The molecule has 0 spiro atoms. The number of methoxy groups -OCH3 is 1. The molecule has 2 heterocycles. The van der Waals surface area contributed by atoms with Crippen LogP contribution >= 0.6 is 0 Å². The van der Waals surface area contributed by atoms with Gasteiger partial charge in [-0.3, -0.25) is 0 Å². The second-order valence-electron chi connectivity index (χ2n) is 8.83. The summed E-state index contributed by atoms with van der Waals surface area (Å²) in [4.78, 5) is 0. The van der Waals surface area contributed by atoms with Gasteiger partial charge in [0, 0.05) is 11.6 Å². The fourth-order valence-electron chi connectivity index (χ4n) is 4.29. The highest BCUT2D eigenvalue weighted by Crippen LogP contribution is 2.46. The topological polar surface area (TPSA) is 36.9 Å². The van der Waals surface area contributed by atoms with E-state index in [-0.39, 0.29) is 11.7 Å². The van der Waals surface area contributed by atoms with Crippen LogP contribution in [0.2, 0.25) is 0 Å². The van der Waals surface area contributed by atoms with Crippen molar-refractivity contribution in [1.82, 2.24) is 0 Å². The van der Waals surface area contributed by atoms with Crippen molar-refractivity contribution < 1.29 is 18.9 Å². The van der Waals surface area contributed by atoms with Crippen LogP contribution in [-0.2, 0) is 13.0 Å². The maximum absolute atomic E-state index is 6.60. The van der Waals surface area contributed by atoms with E-state index >= 15 is 0 Å². The van der Waals surface area contributed by atoms with Gasteiger partial charge < -0.3 is 18.9 Å². The molecule has 164 valence electrons. The van der Waals surface area contributed by atoms with Gasteiger partial charge in [-0.25, -0.2) is 0 Å². The summed E-state index contributed by atoms with van der Waals surface area (Å²) < 4.78 is 24.5. The van der Waals surface area contributed by atoms with Gasteiger partial charge in [-0.15, -0.1) is 0 Å². The molecule has 0 fully saturated rings. The van der Waals surface area contributed by atoms with Crippen molar-refractivity contribution in [3.8, 4) is 23.0 Å². The Bertz CT molecular complexity index is 1150. The number of aryl methyl sites for hydroxylation is 1. The van der Waals surface area contributed by atoms with Gasteiger partial charge in [-0.1, -0.05) is 36.4 Å². The van der Waals surface area contributed by atoms with E-state index in [1.54, 1.807) is 7.11 Å². The van der Waals surface area contributed by atoms with Crippen molar-refractivity contribution in [3.63, 3.8) is 0 Å². The minimum absolute atomic E-state index is 0.103. The fourth-order valence-corrected chi connectivity index (χ4v) is 4.29. The number of fused-ring (bicyclic) bond motifs is 3. The van der Waals surface area contributed by atoms with E-state index in [0.29, 0.717) is 6.61 Å². The lowest BCUT2D eigenvalue weighted by molar-refractivity contribution is 0.149. The molecule has 0 saturated heterocycles. The summed E-state index contributed by atoms with van der Waals surface area (Å²) >= 11 is 0. The molecular weight excluding hydrogens is 400 g/mol. The summed E-state index contributed by atoms with van der Waals surface area (Å²) in [7, 11) is 1.67. The zero-order valence-electron chi connectivity index (χ0n) is 18.8. The zero-order valence-corrected chi connectivity index (χ0v) is 18.8. The first-order chi connectivity index (χ1) is 15.5. The van der Waals surface area contributed by atoms with Crippen molar-refractivity contribution in [2.45, 2.75) is 45.0 Å². The van der Waals surface area contributed by atoms with E-state index in [9.17, 15) is 0 Å². The van der Waals surface area contributed by atoms with E-state index in [1.807, 2.05) is 30.3 Å². The van der Waals surface area contributed by atoms with Crippen molar-refractivity contribution in [2.75, 3.05) is 7.11 Å². The molecule has 2 aliphatic heterocycles. The second kappa shape index (κ2) is 8.27. The highest BCUT2D eigenvalue weighted by atomic mass is 16.5.